The molecule has 39 heavy (non-hydrogen) atoms. The smallest absolute Gasteiger partial charge is 0.251 e. The third kappa shape index (κ3) is 7.93. The summed E-state index contributed by atoms with van der Waals surface area (Å²) in [7, 11) is 0. The van der Waals surface area contributed by atoms with Crippen LogP contribution in [0.4, 0.5) is 5.82 Å². The molecule has 1 saturated heterocycles. The molecular weight excluding hydrogens is 502 g/mol. The molecule has 0 atom stereocenters. The molecule has 0 spiro atoms. The van der Waals surface area contributed by atoms with E-state index in [-0.39, 0.29) is 11.3 Å². The highest BCUT2D eigenvalue weighted by Crippen LogP contribution is 2.29. The molecule has 204 valence electrons. The Morgan fingerprint density at radius 1 is 1.00 bits per heavy atom. The van der Waals surface area contributed by atoms with Crippen molar-refractivity contribution in [2.24, 2.45) is 0 Å². The Hall–Kier alpha value is -3.16. The highest BCUT2D eigenvalue weighted by Gasteiger charge is 2.24. The summed E-state index contributed by atoms with van der Waals surface area (Å²) in [6, 6.07) is 20.9. The SMILES string of the molecule is CC(C)(C)c1cc(N2CCN(C/C=C/c3ccccc3)CC2)nc(SCc2ccc(C(=O)NC3CC3)cc2)n1. The van der Waals surface area contributed by atoms with Crippen LogP contribution in [0.25, 0.3) is 6.08 Å². The van der Waals surface area contributed by atoms with Crippen LogP contribution in [-0.4, -0.2) is 59.5 Å². The van der Waals surface area contributed by atoms with Crippen LogP contribution in [0.2, 0.25) is 0 Å². The van der Waals surface area contributed by atoms with Gasteiger partial charge < -0.3 is 10.2 Å². The van der Waals surface area contributed by atoms with Crippen LogP contribution in [0.3, 0.4) is 0 Å². The molecule has 6 nitrogen and oxygen atoms in total. The standard InChI is InChI=1S/C32H39N5OS/c1-32(2,3)28-22-29(37-20-18-36(19-21-37)17-7-10-24-8-5-4-6-9-24)35-31(34-28)39-23-25-11-13-26(14-12-25)30(38)33-27-15-16-27/h4-14,22,27H,15-21,23H2,1-3H3,(H,33,38)/b10-7+. The molecule has 1 aliphatic carbocycles. The third-order valence-corrected chi connectivity index (χ3v) is 8.05. The van der Waals surface area contributed by atoms with E-state index in [1.165, 1.54) is 5.56 Å². The Balaban J connectivity index is 1.19. The molecule has 1 saturated carbocycles. The van der Waals surface area contributed by atoms with Gasteiger partial charge in [0, 0.05) is 61.6 Å². The number of rotatable bonds is 9. The Morgan fingerprint density at radius 2 is 1.72 bits per heavy atom. The van der Waals surface area contributed by atoms with Gasteiger partial charge in [0.15, 0.2) is 5.16 Å². The Morgan fingerprint density at radius 3 is 2.38 bits per heavy atom. The van der Waals surface area contributed by atoms with Crippen molar-refractivity contribution >= 4 is 29.6 Å². The molecule has 1 N–H and O–H groups in total. The number of thioether (sulfide) groups is 1. The van der Waals surface area contributed by atoms with Crippen LogP contribution in [0.5, 0.6) is 0 Å². The third-order valence-electron chi connectivity index (χ3n) is 7.13. The van der Waals surface area contributed by atoms with Crippen molar-refractivity contribution in [3.05, 3.63) is 89.1 Å². The number of hydrogen-bond donors (Lipinski definition) is 1. The molecule has 0 radical (unpaired) electrons. The summed E-state index contributed by atoms with van der Waals surface area (Å²) in [4.78, 5) is 27.1. The molecule has 7 heteroatoms. The second-order valence-electron chi connectivity index (χ2n) is 11.5. The number of hydrogen-bond acceptors (Lipinski definition) is 6. The molecule has 2 fully saturated rings. The zero-order valence-corrected chi connectivity index (χ0v) is 24.1. The van der Waals surface area contributed by atoms with Gasteiger partial charge in [-0.15, -0.1) is 0 Å². The summed E-state index contributed by atoms with van der Waals surface area (Å²) >= 11 is 1.66. The number of anilines is 1. The second-order valence-corrected chi connectivity index (χ2v) is 12.4. The van der Waals surface area contributed by atoms with Gasteiger partial charge in [-0.2, -0.15) is 0 Å². The zero-order chi connectivity index (χ0) is 27.2. The predicted octanol–water partition coefficient (Wildman–Crippen LogP) is 5.79. The van der Waals surface area contributed by atoms with Gasteiger partial charge in [-0.05, 0) is 36.1 Å². The van der Waals surface area contributed by atoms with Crippen molar-refractivity contribution in [1.29, 1.82) is 0 Å². The van der Waals surface area contributed by atoms with E-state index < -0.39 is 0 Å². The summed E-state index contributed by atoms with van der Waals surface area (Å²) in [6.45, 7) is 11.5. The van der Waals surface area contributed by atoms with Crippen molar-refractivity contribution in [3.63, 3.8) is 0 Å². The van der Waals surface area contributed by atoms with E-state index in [1.807, 2.05) is 30.3 Å². The first-order valence-corrected chi connectivity index (χ1v) is 14.9. The minimum absolute atomic E-state index is 0.0230. The monoisotopic (exact) mass is 541 g/mol. The molecule has 3 aromatic rings. The number of benzene rings is 2. The fraction of sp³-hybridized carbons (Fsp3) is 0.406. The van der Waals surface area contributed by atoms with Gasteiger partial charge in [0.05, 0.1) is 5.69 Å². The fourth-order valence-corrected chi connectivity index (χ4v) is 5.29. The zero-order valence-electron chi connectivity index (χ0n) is 23.3. The highest BCUT2D eigenvalue weighted by atomic mass is 32.2. The molecule has 5 rings (SSSR count). The largest absolute Gasteiger partial charge is 0.354 e. The van der Waals surface area contributed by atoms with Crippen LogP contribution in [0.15, 0.2) is 71.9 Å². The van der Waals surface area contributed by atoms with Gasteiger partial charge >= 0.3 is 0 Å². The first-order chi connectivity index (χ1) is 18.8. The van der Waals surface area contributed by atoms with Crippen molar-refractivity contribution in [3.8, 4) is 0 Å². The molecule has 1 amide bonds. The van der Waals surface area contributed by atoms with E-state index >= 15 is 0 Å². The number of carbonyl (C=O) groups excluding carboxylic acids is 1. The normalized spacial score (nSPS) is 16.5. The van der Waals surface area contributed by atoms with Crippen molar-refractivity contribution in [1.82, 2.24) is 20.2 Å². The molecular formula is C32H39N5OS. The number of aromatic nitrogens is 2. The summed E-state index contributed by atoms with van der Waals surface area (Å²) in [5, 5.41) is 3.86. The quantitative estimate of drug-likeness (QED) is 0.273. The van der Waals surface area contributed by atoms with Crippen LogP contribution >= 0.6 is 11.8 Å². The van der Waals surface area contributed by atoms with E-state index in [4.69, 9.17) is 9.97 Å². The number of nitrogens with zero attached hydrogens (tertiary/aromatic N) is 4. The maximum absolute atomic E-state index is 12.3. The van der Waals surface area contributed by atoms with Gasteiger partial charge in [0.25, 0.3) is 5.91 Å². The van der Waals surface area contributed by atoms with Crippen molar-refractivity contribution in [2.45, 2.75) is 56.0 Å². The van der Waals surface area contributed by atoms with E-state index in [0.717, 1.165) is 79.1 Å². The van der Waals surface area contributed by atoms with E-state index in [0.29, 0.717) is 6.04 Å². The molecule has 0 bridgehead atoms. The van der Waals surface area contributed by atoms with Crippen molar-refractivity contribution in [2.75, 3.05) is 37.6 Å². The Labute approximate surface area is 236 Å². The Bertz CT molecular complexity index is 1270. The topological polar surface area (TPSA) is 61.4 Å². The average Bonchev–Trinajstić information content (AvgIpc) is 3.76. The van der Waals surface area contributed by atoms with E-state index in [2.05, 4.69) is 78.4 Å². The van der Waals surface area contributed by atoms with Gasteiger partial charge in [0.2, 0.25) is 0 Å². The molecule has 2 aromatic carbocycles. The first kappa shape index (κ1) is 27.4. The van der Waals surface area contributed by atoms with Gasteiger partial charge in [0.1, 0.15) is 5.82 Å². The molecule has 1 aliphatic heterocycles. The summed E-state index contributed by atoms with van der Waals surface area (Å²) in [5.41, 5.74) is 4.13. The summed E-state index contributed by atoms with van der Waals surface area (Å²) < 4.78 is 0. The lowest BCUT2D eigenvalue weighted by atomic mass is 9.92. The fourth-order valence-electron chi connectivity index (χ4n) is 4.48. The summed E-state index contributed by atoms with van der Waals surface area (Å²) in [6.07, 6.45) is 6.65. The van der Waals surface area contributed by atoms with Crippen LogP contribution in [0, 0.1) is 0 Å². The lowest BCUT2D eigenvalue weighted by Gasteiger charge is -2.35. The molecule has 2 aliphatic rings. The first-order valence-electron chi connectivity index (χ1n) is 13.9. The Kier molecular flexibility index (Phi) is 8.68. The van der Waals surface area contributed by atoms with Gasteiger partial charge in [-0.1, -0.05) is 87.1 Å². The average molecular weight is 542 g/mol. The van der Waals surface area contributed by atoms with Gasteiger partial charge in [-0.25, -0.2) is 9.97 Å². The lowest BCUT2D eigenvalue weighted by Crippen LogP contribution is -2.46. The van der Waals surface area contributed by atoms with E-state index in [9.17, 15) is 4.79 Å². The molecule has 2 heterocycles. The molecule has 0 unspecified atom stereocenters. The number of carbonyl (C=O) groups is 1. The van der Waals surface area contributed by atoms with Crippen LogP contribution in [-0.2, 0) is 11.2 Å². The van der Waals surface area contributed by atoms with Crippen LogP contribution in [0.1, 0.15) is 60.8 Å². The maximum Gasteiger partial charge on any atom is 0.251 e. The summed E-state index contributed by atoms with van der Waals surface area (Å²) in [5.74, 6) is 1.80. The predicted molar refractivity (Wildman–Crippen MR) is 161 cm³/mol. The number of nitrogens with one attached hydrogen (secondary N) is 1. The minimum atomic E-state index is -0.0619. The van der Waals surface area contributed by atoms with Crippen LogP contribution < -0.4 is 10.2 Å². The maximum atomic E-state index is 12.3. The lowest BCUT2D eigenvalue weighted by molar-refractivity contribution is 0.0951. The molecule has 1 aromatic heterocycles. The van der Waals surface area contributed by atoms with E-state index in [1.54, 1.807) is 11.8 Å². The highest BCUT2D eigenvalue weighted by molar-refractivity contribution is 7.98. The number of piperazine rings is 1. The van der Waals surface area contributed by atoms with Gasteiger partial charge in [-0.3, -0.25) is 9.69 Å². The second kappa shape index (κ2) is 12.3. The minimum Gasteiger partial charge on any atom is -0.354 e. The number of amides is 1. The van der Waals surface area contributed by atoms with Crippen molar-refractivity contribution < 1.29 is 4.79 Å².